The molecule has 76 valence electrons. The maximum Gasteiger partial charge on any atom is 0.118 e. The van der Waals surface area contributed by atoms with Gasteiger partial charge < -0.3 is 10.1 Å². The molecule has 1 saturated heterocycles. The molecule has 1 fully saturated rings. The van der Waals surface area contributed by atoms with Crippen molar-refractivity contribution in [2.45, 2.75) is 6.04 Å². The minimum Gasteiger partial charge on any atom is -0.497 e. The Kier molecular flexibility index (Phi) is 3.32. The lowest BCUT2D eigenvalue weighted by Crippen LogP contribution is -2.30. The van der Waals surface area contributed by atoms with Gasteiger partial charge in [0.25, 0.3) is 0 Å². The van der Waals surface area contributed by atoms with Crippen LogP contribution < -0.4 is 10.1 Å². The van der Waals surface area contributed by atoms with Crippen LogP contribution in [0.1, 0.15) is 11.6 Å². The minimum absolute atomic E-state index is 0.514. The number of nitrogens with one attached hydrogen (secondary N) is 1. The molecule has 1 aromatic rings. The van der Waals surface area contributed by atoms with Crippen LogP contribution in [0.4, 0.5) is 0 Å². The van der Waals surface area contributed by atoms with Gasteiger partial charge in [-0.3, -0.25) is 0 Å². The molecular formula is C11H15NOS. The van der Waals surface area contributed by atoms with E-state index in [9.17, 15) is 0 Å². The van der Waals surface area contributed by atoms with Crippen molar-refractivity contribution in [3.05, 3.63) is 29.8 Å². The Morgan fingerprint density at radius 1 is 1.36 bits per heavy atom. The second-order valence-electron chi connectivity index (χ2n) is 3.35. The quantitative estimate of drug-likeness (QED) is 0.805. The smallest absolute Gasteiger partial charge is 0.118 e. The predicted octanol–water partition coefficient (Wildman–Crippen LogP) is 2.07. The van der Waals surface area contributed by atoms with E-state index in [0.717, 1.165) is 12.3 Å². The van der Waals surface area contributed by atoms with Crippen molar-refractivity contribution in [3.63, 3.8) is 0 Å². The second kappa shape index (κ2) is 4.71. The normalized spacial score (nSPS) is 21.9. The van der Waals surface area contributed by atoms with Gasteiger partial charge in [-0.05, 0) is 17.7 Å². The summed E-state index contributed by atoms with van der Waals surface area (Å²) >= 11 is 2.01. The third-order valence-electron chi connectivity index (χ3n) is 2.44. The van der Waals surface area contributed by atoms with Gasteiger partial charge in [0.1, 0.15) is 5.75 Å². The Balaban J connectivity index is 2.07. The molecule has 1 aromatic carbocycles. The fourth-order valence-corrected chi connectivity index (χ4v) is 2.59. The van der Waals surface area contributed by atoms with Crippen molar-refractivity contribution in [2.24, 2.45) is 0 Å². The maximum absolute atomic E-state index is 5.13. The molecule has 1 atom stereocenters. The van der Waals surface area contributed by atoms with E-state index in [1.54, 1.807) is 7.11 Å². The Hall–Kier alpha value is -0.670. The van der Waals surface area contributed by atoms with Crippen LogP contribution in [0.2, 0.25) is 0 Å². The highest BCUT2D eigenvalue weighted by Gasteiger charge is 2.14. The van der Waals surface area contributed by atoms with Gasteiger partial charge in [-0.25, -0.2) is 0 Å². The summed E-state index contributed by atoms with van der Waals surface area (Å²) in [6, 6.07) is 8.84. The minimum atomic E-state index is 0.514. The summed E-state index contributed by atoms with van der Waals surface area (Å²) in [6.45, 7) is 1.11. The first-order chi connectivity index (χ1) is 6.90. The van der Waals surface area contributed by atoms with Gasteiger partial charge in [0, 0.05) is 24.1 Å². The summed E-state index contributed by atoms with van der Waals surface area (Å²) in [5.41, 5.74) is 1.36. The number of thioether (sulfide) groups is 1. The van der Waals surface area contributed by atoms with Gasteiger partial charge in [-0.1, -0.05) is 12.1 Å². The molecule has 0 amide bonds. The van der Waals surface area contributed by atoms with E-state index in [0.29, 0.717) is 6.04 Å². The first kappa shape index (κ1) is 9.87. The van der Waals surface area contributed by atoms with Crippen LogP contribution in [0, 0.1) is 0 Å². The molecule has 0 spiro atoms. The lowest BCUT2D eigenvalue weighted by Gasteiger charge is -2.23. The van der Waals surface area contributed by atoms with Crippen molar-refractivity contribution < 1.29 is 4.74 Å². The highest BCUT2D eigenvalue weighted by Crippen LogP contribution is 2.23. The molecule has 2 rings (SSSR count). The van der Waals surface area contributed by atoms with Gasteiger partial charge in [0.15, 0.2) is 0 Å². The van der Waals surface area contributed by atoms with Crippen LogP contribution in [-0.4, -0.2) is 25.2 Å². The molecule has 14 heavy (non-hydrogen) atoms. The number of hydrogen-bond donors (Lipinski definition) is 1. The predicted molar refractivity (Wildman–Crippen MR) is 61.1 cm³/mol. The number of ether oxygens (including phenoxy) is 1. The molecule has 0 radical (unpaired) electrons. The molecule has 1 aliphatic rings. The average molecular weight is 209 g/mol. The van der Waals surface area contributed by atoms with Crippen LogP contribution in [-0.2, 0) is 0 Å². The first-order valence-electron chi connectivity index (χ1n) is 4.85. The highest BCUT2D eigenvalue weighted by molar-refractivity contribution is 7.99. The van der Waals surface area contributed by atoms with E-state index in [1.807, 2.05) is 23.9 Å². The van der Waals surface area contributed by atoms with Crippen molar-refractivity contribution in [2.75, 3.05) is 25.2 Å². The Morgan fingerprint density at radius 2 is 2.14 bits per heavy atom. The number of hydrogen-bond acceptors (Lipinski definition) is 3. The molecule has 2 nitrogen and oxygen atoms in total. The van der Waals surface area contributed by atoms with E-state index < -0.39 is 0 Å². The fraction of sp³-hybridized carbons (Fsp3) is 0.455. The zero-order valence-electron chi connectivity index (χ0n) is 8.32. The SMILES string of the molecule is COc1ccc(C2CSCCN2)cc1. The zero-order valence-corrected chi connectivity index (χ0v) is 9.14. The molecular weight excluding hydrogens is 194 g/mol. The average Bonchev–Trinajstić information content (AvgIpc) is 2.30. The topological polar surface area (TPSA) is 21.3 Å². The molecule has 1 heterocycles. The van der Waals surface area contributed by atoms with Crippen LogP contribution in [0.3, 0.4) is 0 Å². The zero-order chi connectivity index (χ0) is 9.80. The fourth-order valence-electron chi connectivity index (χ4n) is 1.62. The third kappa shape index (κ3) is 2.22. The van der Waals surface area contributed by atoms with Crippen LogP contribution >= 0.6 is 11.8 Å². The summed E-state index contributed by atoms with van der Waals surface area (Å²) in [7, 11) is 1.70. The van der Waals surface area contributed by atoms with E-state index in [-0.39, 0.29) is 0 Å². The van der Waals surface area contributed by atoms with Gasteiger partial charge in [0.2, 0.25) is 0 Å². The van der Waals surface area contributed by atoms with Crippen molar-refractivity contribution in [1.82, 2.24) is 5.32 Å². The summed E-state index contributed by atoms with van der Waals surface area (Å²) in [4.78, 5) is 0. The molecule has 1 aliphatic heterocycles. The monoisotopic (exact) mass is 209 g/mol. The Bertz CT molecular complexity index is 280. The summed E-state index contributed by atoms with van der Waals surface area (Å²) in [5, 5.41) is 3.51. The first-order valence-corrected chi connectivity index (χ1v) is 6.00. The Morgan fingerprint density at radius 3 is 2.71 bits per heavy atom. The summed E-state index contributed by atoms with van der Waals surface area (Å²) < 4.78 is 5.13. The lowest BCUT2D eigenvalue weighted by molar-refractivity contribution is 0.414. The molecule has 1 N–H and O–H groups in total. The van der Waals surface area contributed by atoms with E-state index in [4.69, 9.17) is 4.74 Å². The molecule has 3 heteroatoms. The highest BCUT2D eigenvalue weighted by atomic mass is 32.2. The van der Waals surface area contributed by atoms with Crippen molar-refractivity contribution in [1.29, 1.82) is 0 Å². The summed E-state index contributed by atoms with van der Waals surface area (Å²) in [5.74, 6) is 3.33. The Labute approximate surface area is 89.0 Å². The van der Waals surface area contributed by atoms with Crippen molar-refractivity contribution >= 4 is 11.8 Å². The molecule has 0 bridgehead atoms. The molecule has 1 unspecified atom stereocenters. The molecule has 0 saturated carbocycles. The third-order valence-corrected chi connectivity index (χ3v) is 3.50. The lowest BCUT2D eigenvalue weighted by atomic mass is 10.1. The van der Waals surface area contributed by atoms with Gasteiger partial charge >= 0.3 is 0 Å². The van der Waals surface area contributed by atoms with E-state index >= 15 is 0 Å². The number of benzene rings is 1. The summed E-state index contributed by atoms with van der Waals surface area (Å²) in [6.07, 6.45) is 0. The van der Waals surface area contributed by atoms with E-state index in [2.05, 4.69) is 17.4 Å². The van der Waals surface area contributed by atoms with Gasteiger partial charge in [-0.15, -0.1) is 0 Å². The number of methoxy groups -OCH3 is 1. The van der Waals surface area contributed by atoms with E-state index in [1.165, 1.54) is 17.1 Å². The van der Waals surface area contributed by atoms with Gasteiger partial charge in [0.05, 0.1) is 7.11 Å². The van der Waals surface area contributed by atoms with Crippen LogP contribution in [0.25, 0.3) is 0 Å². The second-order valence-corrected chi connectivity index (χ2v) is 4.50. The van der Waals surface area contributed by atoms with Crippen LogP contribution in [0.15, 0.2) is 24.3 Å². The standard InChI is InChI=1S/C11H15NOS/c1-13-10-4-2-9(3-5-10)11-8-14-7-6-12-11/h2-5,11-12H,6-8H2,1H3. The van der Waals surface area contributed by atoms with Crippen LogP contribution in [0.5, 0.6) is 5.75 Å². The van der Waals surface area contributed by atoms with Crippen molar-refractivity contribution in [3.8, 4) is 5.75 Å². The molecule has 0 aliphatic carbocycles. The molecule has 0 aromatic heterocycles. The number of rotatable bonds is 2. The maximum atomic E-state index is 5.13. The van der Waals surface area contributed by atoms with Gasteiger partial charge in [-0.2, -0.15) is 11.8 Å². The largest absolute Gasteiger partial charge is 0.497 e.